The molecular weight excluding hydrogens is 311 g/mol. The fourth-order valence-corrected chi connectivity index (χ4v) is 1.18. The van der Waals surface area contributed by atoms with Crippen molar-refractivity contribution in [1.29, 1.82) is 0 Å². The van der Waals surface area contributed by atoms with E-state index in [4.69, 9.17) is 0 Å². The number of hydrogen-bond donors (Lipinski definition) is 0. The molecule has 0 spiro atoms. The highest BCUT2D eigenvalue weighted by molar-refractivity contribution is 5.80. The minimum absolute atomic E-state index is 0.255. The molecule has 2 nitrogen and oxygen atoms in total. The summed E-state index contributed by atoms with van der Waals surface area (Å²) in [6, 6.07) is 0. The summed E-state index contributed by atoms with van der Waals surface area (Å²) in [6.45, 7) is 2.07. The largest absolute Gasteiger partial charge is 0.462 e. The molecule has 0 aromatic rings. The fraction of sp³-hybridized carbons (Fsp3) is 0.889. The van der Waals surface area contributed by atoms with Crippen LogP contribution in [-0.4, -0.2) is 30.6 Å². The zero-order valence-corrected chi connectivity index (χ0v) is 10.0. The van der Waals surface area contributed by atoms with Crippen LogP contribution in [0.15, 0.2) is 0 Å². The number of ether oxygens (including phenoxy) is 1. The van der Waals surface area contributed by atoms with Crippen molar-refractivity contribution in [3.8, 4) is 0 Å². The van der Waals surface area contributed by atoms with Crippen LogP contribution in [0.4, 0.5) is 39.5 Å². The van der Waals surface area contributed by atoms with Crippen LogP contribution in [0.1, 0.15) is 20.3 Å². The Hall–Kier alpha value is -1.16. The molecule has 0 N–H and O–H groups in total. The van der Waals surface area contributed by atoms with Gasteiger partial charge in [-0.25, -0.2) is 0 Å². The summed E-state index contributed by atoms with van der Waals surface area (Å²) in [5.41, 5.74) is -6.56. The van der Waals surface area contributed by atoms with Gasteiger partial charge in [0.25, 0.3) is 0 Å². The van der Waals surface area contributed by atoms with Gasteiger partial charge in [0.05, 0.1) is 6.10 Å². The molecule has 0 amide bonds. The lowest BCUT2D eigenvalue weighted by molar-refractivity contribution is -0.412. The second kappa shape index (κ2) is 5.32. The van der Waals surface area contributed by atoms with Crippen molar-refractivity contribution in [2.75, 3.05) is 0 Å². The number of carbonyl (C=O) groups excluding carboxylic acids is 1. The first-order valence-corrected chi connectivity index (χ1v) is 5.04. The average molecular weight is 320 g/mol. The van der Waals surface area contributed by atoms with Gasteiger partial charge in [0.2, 0.25) is 0 Å². The summed E-state index contributed by atoms with van der Waals surface area (Å²) in [5.74, 6) is -3.43. The second-order valence-corrected chi connectivity index (χ2v) is 3.87. The van der Waals surface area contributed by atoms with Crippen LogP contribution in [0.2, 0.25) is 0 Å². The Balaban J connectivity index is 6.13. The van der Waals surface area contributed by atoms with Crippen LogP contribution in [0.3, 0.4) is 0 Å². The summed E-state index contributed by atoms with van der Waals surface area (Å²) in [4.78, 5) is 11.0. The normalized spacial score (nSPS) is 15.9. The van der Waals surface area contributed by atoms with Crippen LogP contribution < -0.4 is 0 Å². The Morgan fingerprint density at radius 3 is 1.40 bits per heavy atom. The minimum atomic E-state index is -6.94. The van der Waals surface area contributed by atoms with Crippen molar-refractivity contribution in [3.63, 3.8) is 0 Å². The van der Waals surface area contributed by atoms with Crippen LogP contribution in [-0.2, 0) is 9.53 Å². The highest BCUT2D eigenvalue weighted by Gasteiger charge is 2.89. The topological polar surface area (TPSA) is 26.3 Å². The average Bonchev–Trinajstić information content (AvgIpc) is 2.10. The predicted octanol–water partition coefficient (Wildman–Crippen LogP) is 4.00. The second-order valence-electron chi connectivity index (χ2n) is 3.87. The lowest BCUT2D eigenvalue weighted by atomic mass is 9.85. The van der Waals surface area contributed by atoms with Gasteiger partial charge in [-0.2, -0.15) is 39.5 Å². The van der Waals surface area contributed by atoms with Gasteiger partial charge < -0.3 is 4.74 Å². The molecule has 0 saturated carbocycles. The van der Waals surface area contributed by atoms with E-state index in [0.717, 1.165) is 6.92 Å². The summed E-state index contributed by atoms with van der Waals surface area (Å²) < 4.78 is 116. The molecule has 1 atom stereocenters. The number of rotatable bonds is 3. The third-order valence-electron chi connectivity index (χ3n) is 2.46. The quantitative estimate of drug-likeness (QED) is 0.580. The number of hydrogen-bond acceptors (Lipinski definition) is 2. The maximum Gasteiger partial charge on any atom is 0.422 e. The van der Waals surface area contributed by atoms with Gasteiger partial charge >= 0.3 is 29.9 Å². The SMILES string of the molecule is CC[C@H](C)OC(=O)C(C(F)(F)F)(C(F)(F)F)C(F)(F)F. The molecule has 0 aromatic carbocycles. The highest BCUT2D eigenvalue weighted by atomic mass is 19.4. The molecule has 0 aromatic heterocycles. The fourth-order valence-electron chi connectivity index (χ4n) is 1.18. The van der Waals surface area contributed by atoms with Crippen molar-refractivity contribution >= 4 is 5.97 Å². The monoisotopic (exact) mass is 320 g/mol. The van der Waals surface area contributed by atoms with Gasteiger partial charge in [0, 0.05) is 0 Å². The molecule has 0 saturated heterocycles. The Bertz CT molecular complexity index is 316. The summed E-state index contributed by atoms with van der Waals surface area (Å²) in [5, 5.41) is 0. The Morgan fingerprint density at radius 2 is 1.20 bits per heavy atom. The van der Waals surface area contributed by atoms with Crippen molar-refractivity contribution < 1.29 is 49.0 Å². The first-order valence-electron chi connectivity index (χ1n) is 5.04. The molecule has 0 heterocycles. The van der Waals surface area contributed by atoms with E-state index in [1.54, 1.807) is 0 Å². The predicted molar refractivity (Wildman–Crippen MR) is 46.4 cm³/mol. The number of carbonyl (C=O) groups is 1. The maximum atomic E-state index is 12.4. The molecule has 0 radical (unpaired) electrons. The third kappa shape index (κ3) is 2.95. The Morgan fingerprint density at radius 1 is 0.900 bits per heavy atom. The van der Waals surface area contributed by atoms with Crippen LogP contribution >= 0.6 is 0 Å². The van der Waals surface area contributed by atoms with Crippen LogP contribution in [0.5, 0.6) is 0 Å². The summed E-state index contributed by atoms with van der Waals surface area (Å²) in [6.07, 6.45) is -22.6. The molecule has 0 bridgehead atoms. The van der Waals surface area contributed by atoms with E-state index in [1.165, 1.54) is 6.92 Å². The third-order valence-corrected chi connectivity index (χ3v) is 2.46. The number of halogens is 9. The first-order chi connectivity index (χ1) is 8.63. The molecule has 20 heavy (non-hydrogen) atoms. The van der Waals surface area contributed by atoms with Crippen LogP contribution in [0.25, 0.3) is 0 Å². The van der Waals surface area contributed by atoms with Gasteiger partial charge in [-0.15, -0.1) is 0 Å². The van der Waals surface area contributed by atoms with E-state index < -0.39 is 36.0 Å². The Labute approximate surface area is 106 Å². The molecule has 0 unspecified atom stereocenters. The van der Waals surface area contributed by atoms with Crippen molar-refractivity contribution in [1.82, 2.24) is 0 Å². The van der Waals surface area contributed by atoms with E-state index in [2.05, 4.69) is 4.74 Å². The zero-order valence-electron chi connectivity index (χ0n) is 10.0. The zero-order chi connectivity index (χ0) is 16.6. The lowest BCUT2D eigenvalue weighted by Crippen LogP contribution is -2.65. The molecule has 0 aliphatic heterocycles. The standard InChI is InChI=1S/C9H9F9O2/c1-3-4(2)20-5(19)6(7(10,11)12,8(13,14)15)9(16,17)18/h4H,3H2,1-2H3/t4-/m0/s1. The summed E-state index contributed by atoms with van der Waals surface area (Å²) >= 11 is 0. The number of esters is 1. The lowest BCUT2D eigenvalue weighted by Gasteiger charge is -2.36. The van der Waals surface area contributed by atoms with Crippen molar-refractivity contribution in [2.45, 2.75) is 44.9 Å². The molecule has 0 aliphatic rings. The van der Waals surface area contributed by atoms with Crippen molar-refractivity contribution in [3.05, 3.63) is 0 Å². The highest BCUT2D eigenvalue weighted by Crippen LogP contribution is 2.60. The number of alkyl halides is 9. The van der Waals surface area contributed by atoms with Gasteiger partial charge in [-0.1, -0.05) is 6.92 Å². The van der Waals surface area contributed by atoms with E-state index in [9.17, 15) is 44.3 Å². The molecule has 0 fully saturated rings. The Kier molecular flexibility index (Phi) is 5.01. The van der Waals surface area contributed by atoms with Gasteiger partial charge in [0.15, 0.2) is 0 Å². The molecular formula is C9H9F9O2. The molecule has 0 aliphatic carbocycles. The van der Waals surface area contributed by atoms with Gasteiger partial charge in [0.1, 0.15) is 0 Å². The van der Waals surface area contributed by atoms with Gasteiger partial charge in [-0.3, -0.25) is 4.79 Å². The van der Waals surface area contributed by atoms with E-state index in [1.807, 2.05) is 0 Å². The van der Waals surface area contributed by atoms with E-state index >= 15 is 0 Å². The maximum absolute atomic E-state index is 12.4. The van der Waals surface area contributed by atoms with Gasteiger partial charge in [-0.05, 0) is 13.3 Å². The minimum Gasteiger partial charge on any atom is -0.462 e. The smallest absolute Gasteiger partial charge is 0.422 e. The molecule has 11 heteroatoms. The van der Waals surface area contributed by atoms with E-state index in [-0.39, 0.29) is 6.42 Å². The first kappa shape index (κ1) is 18.8. The van der Waals surface area contributed by atoms with E-state index in [0.29, 0.717) is 0 Å². The van der Waals surface area contributed by atoms with Crippen LogP contribution in [0, 0.1) is 5.41 Å². The molecule has 0 rings (SSSR count). The van der Waals surface area contributed by atoms with Crippen molar-refractivity contribution in [2.24, 2.45) is 5.41 Å². The summed E-state index contributed by atoms with van der Waals surface area (Å²) in [7, 11) is 0. The molecule has 120 valence electrons.